The van der Waals surface area contributed by atoms with Crippen LogP contribution in [0, 0.1) is 7.11 Å². The SMILES string of the molecule is [CH2]OCCCCCCC([O])=O. The van der Waals surface area contributed by atoms with Gasteiger partial charge in [0.05, 0.1) is 13.5 Å². The number of hydrogen-bond acceptors (Lipinski definition) is 2. The molecule has 64 valence electrons. The first-order valence-electron chi connectivity index (χ1n) is 3.84. The van der Waals surface area contributed by atoms with Gasteiger partial charge in [0.2, 0.25) is 0 Å². The van der Waals surface area contributed by atoms with E-state index in [1.807, 2.05) is 0 Å². The van der Waals surface area contributed by atoms with Gasteiger partial charge in [0.25, 0.3) is 0 Å². The van der Waals surface area contributed by atoms with Crippen LogP contribution in [0.25, 0.3) is 0 Å². The fraction of sp³-hybridized carbons (Fsp3) is 0.750. The molecule has 0 rings (SSSR count). The molecule has 3 nitrogen and oxygen atoms in total. The number of carbonyl (C=O) groups is 1. The van der Waals surface area contributed by atoms with E-state index >= 15 is 0 Å². The Hall–Kier alpha value is -0.570. The second-order valence-corrected chi connectivity index (χ2v) is 2.44. The van der Waals surface area contributed by atoms with Crippen LogP contribution in [0.5, 0.6) is 0 Å². The molecular weight excluding hydrogens is 144 g/mol. The van der Waals surface area contributed by atoms with Gasteiger partial charge in [-0.05, 0) is 12.8 Å². The standard InChI is InChI=1S/C8H14O3/c1-11-7-5-3-2-4-6-8(9)10/h1-7H2. The van der Waals surface area contributed by atoms with E-state index in [-0.39, 0.29) is 6.42 Å². The van der Waals surface area contributed by atoms with Crippen molar-refractivity contribution in [3.05, 3.63) is 7.11 Å². The van der Waals surface area contributed by atoms with Gasteiger partial charge in [0.15, 0.2) is 0 Å². The van der Waals surface area contributed by atoms with Crippen molar-refractivity contribution in [2.75, 3.05) is 6.61 Å². The van der Waals surface area contributed by atoms with Crippen LogP contribution in [-0.4, -0.2) is 12.6 Å². The maximum atomic E-state index is 9.94. The van der Waals surface area contributed by atoms with Crippen molar-refractivity contribution in [2.45, 2.75) is 32.1 Å². The summed E-state index contributed by atoms with van der Waals surface area (Å²) in [5, 5.41) is 9.94. The number of ether oxygens (including phenoxy) is 1. The highest BCUT2D eigenvalue weighted by molar-refractivity contribution is 5.66. The summed E-state index contributed by atoms with van der Waals surface area (Å²) in [6, 6.07) is 0. The molecule has 0 unspecified atom stereocenters. The predicted octanol–water partition coefficient (Wildman–Crippen LogP) is 1.70. The first-order chi connectivity index (χ1) is 5.27. The van der Waals surface area contributed by atoms with E-state index < -0.39 is 5.97 Å². The number of carbonyl (C=O) groups excluding carboxylic acids is 1. The van der Waals surface area contributed by atoms with E-state index in [4.69, 9.17) is 0 Å². The topological polar surface area (TPSA) is 46.2 Å². The molecule has 0 aromatic carbocycles. The van der Waals surface area contributed by atoms with Crippen LogP contribution in [0.3, 0.4) is 0 Å². The van der Waals surface area contributed by atoms with Gasteiger partial charge >= 0.3 is 5.97 Å². The highest BCUT2D eigenvalue weighted by Gasteiger charge is 1.97. The van der Waals surface area contributed by atoms with Crippen LogP contribution >= 0.6 is 0 Å². The maximum absolute atomic E-state index is 9.94. The molecule has 0 aromatic heterocycles. The molecule has 0 spiro atoms. The van der Waals surface area contributed by atoms with Gasteiger partial charge in [-0.15, -0.1) is 0 Å². The van der Waals surface area contributed by atoms with E-state index in [0.717, 1.165) is 19.3 Å². The fourth-order valence-corrected chi connectivity index (χ4v) is 0.827. The molecule has 2 radical (unpaired) electrons. The molecule has 0 aliphatic heterocycles. The van der Waals surface area contributed by atoms with Gasteiger partial charge in [-0.2, -0.15) is 0 Å². The predicted molar refractivity (Wildman–Crippen MR) is 40.1 cm³/mol. The molecule has 0 aromatic rings. The Morgan fingerprint density at radius 1 is 1.18 bits per heavy atom. The van der Waals surface area contributed by atoms with Crippen molar-refractivity contribution in [2.24, 2.45) is 0 Å². The highest BCUT2D eigenvalue weighted by Crippen LogP contribution is 2.02. The van der Waals surface area contributed by atoms with Crippen LogP contribution in [-0.2, 0) is 14.6 Å². The lowest BCUT2D eigenvalue weighted by atomic mass is 10.1. The van der Waals surface area contributed by atoms with Gasteiger partial charge in [-0.25, -0.2) is 9.90 Å². The van der Waals surface area contributed by atoms with Crippen LogP contribution in [0.1, 0.15) is 32.1 Å². The highest BCUT2D eigenvalue weighted by atomic mass is 16.5. The van der Waals surface area contributed by atoms with Crippen LogP contribution in [0.15, 0.2) is 0 Å². The van der Waals surface area contributed by atoms with Crippen molar-refractivity contribution in [3.8, 4) is 0 Å². The largest absolute Gasteiger partial charge is 0.379 e. The molecule has 0 aliphatic carbocycles. The van der Waals surface area contributed by atoms with Gasteiger partial charge in [-0.1, -0.05) is 12.8 Å². The average Bonchev–Trinajstić information content (AvgIpc) is 1.96. The third-order valence-electron chi connectivity index (χ3n) is 1.42. The summed E-state index contributed by atoms with van der Waals surface area (Å²) in [6.07, 6.45) is 3.77. The second-order valence-electron chi connectivity index (χ2n) is 2.44. The van der Waals surface area contributed by atoms with Crippen molar-refractivity contribution in [3.63, 3.8) is 0 Å². The first-order valence-corrected chi connectivity index (χ1v) is 3.84. The molecule has 0 amide bonds. The summed E-state index contributed by atoms with van der Waals surface area (Å²) >= 11 is 0. The minimum atomic E-state index is -0.960. The average molecular weight is 158 g/mol. The van der Waals surface area contributed by atoms with Gasteiger partial charge < -0.3 is 4.74 Å². The minimum Gasteiger partial charge on any atom is -0.379 e. The maximum Gasteiger partial charge on any atom is 0.355 e. The number of hydrogen-bond donors (Lipinski definition) is 0. The molecule has 0 saturated carbocycles. The molecule has 11 heavy (non-hydrogen) atoms. The molecular formula is C8H14O3. The zero-order valence-electron chi connectivity index (χ0n) is 6.67. The Morgan fingerprint density at radius 2 is 1.82 bits per heavy atom. The molecule has 0 saturated heterocycles. The normalized spacial score (nSPS) is 9.91. The van der Waals surface area contributed by atoms with Crippen molar-refractivity contribution in [1.29, 1.82) is 0 Å². The Labute approximate surface area is 67.4 Å². The smallest absolute Gasteiger partial charge is 0.355 e. The summed E-state index contributed by atoms with van der Waals surface area (Å²) in [7, 11) is 3.23. The molecule has 0 fully saturated rings. The molecule has 0 heterocycles. The van der Waals surface area contributed by atoms with Gasteiger partial charge in [-0.3, -0.25) is 0 Å². The van der Waals surface area contributed by atoms with Crippen LogP contribution < -0.4 is 0 Å². The van der Waals surface area contributed by atoms with E-state index in [1.54, 1.807) is 0 Å². The molecule has 3 heteroatoms. The van der Waals surface area contributed by atoms with E-state index in [9.17, 15) is 9.90 Å². The first kappa shape index (κ1) is 10.4. The lowest BCUT2D eigenvalue weighted by molar-refractivity contribution is -0.143. The lowest BCUT2D eigenvalue weighted by Crippen LogP contribution is -1.92. The summed E-state index contributed by atoms with van der Waals surface area (Å²) in [4.78, 5) is 9.94. The lowest BCUT2D eigenvalue weighted by Gasteiger charge is -1.97. The van der Waals surface area contributed by atoms with Crippen molar-refractivity contribution < 1.29 is 14.6 Å². The fourth-order valence-electron chi connectivity index (χ4n) is 0.827. The molecule has 0 bridgehead atoms. The Bertz CT molecular complexity index is 102. The summed E-state index contributed by atoms with van der Waals surface area (Å²) < 4.78 is 4.59. The Kier molecular flexibility index (Phi) is 7.15. The zero-order valence-corrected chi connectivity index (χ0v) is 6.67. The summed E-state index contributed by atoms with van der Waals surface area (Å²) in [5.74, 6) is -0.960. The minimum absolute atomic E-state index is 0.172. The van der Waals surface area contributed by atoms with E-state index in [2.05, 4.69) is 11.8 Å². The van der Waals surface area contributed by atoms with Crippen LogP contribution in [0.2, 0.25) is 0 Å². The van der Waals surface area contributed by atoms with Crippen molar-refractivity contribution in [1.82, 2.24) is 0 Å². The van der Waals surface area contributed by atoms with Gasteiger partial charge in [0.1, 0.15) is 0 Å². The quantitative estimate of drug-likeness (QED) is 0.529. The Morgan fingerprint density at radius 3 is 2.36 bits per heavy atom. The summed E-state index contributed by atoms with van der Waals surface area (Å²) in [6.45, 7) is 0.658. The molecule has 0 N–H and O–H groups in total. The third kappa shape index (κ3) is 9.43. The van der Waals surface area contributed by atoms with E-state index in [0.29, 0.717) is 13.0 Å². The zero-order chi connectivity index (χ0) is 8.53. The van der Waals surface area contributed by atoms with Crippen molar-refractivity contribution >= 4 is 5.97 Å². The third-order valence-corrected chi connectivity index (χ3v) is 1.42. The van der Waals surface area contributed by atoms with Gasteiger partial charge in [0, 0.05) is 6.61 Å². The summed E-state index contributed by atoms with van der Waals surface area (Å²) in [5.41, 5.74) is 0. The van der Waals surface area contributed by atoms with E-state index in [1.165, 1.54) is 0 Å². The Balaban J connectivity index is 2.85. The second kappa shape index (κ2) is 7.54. The monoisotopic (exact) mass is 158 g/mol. The van der Waals surface area contributed by atoms with Crippen LogP contribution in [0.4, 0.5) is 0 Å². The molecule has 0 aliphatic rings. The molecule has 0 atom stereocenters. The number of unbranched alkanes of at least 4 members (excludes halogenated alkanes) is 3. The number of rotatable bonds is 7.